The molecule has 0 amide bonds. The zero-order chi connectivity index (χ0) is 9.72. The number of aliphatic hydroxyl groups is 5. The van der Waals surface area contributed by atoms with Gasteiger partial charge in [0.25, 0.3) is 0 Å². The summed E-state index contributed by atoms with van der Waals surface area (Å²) >= 11 is 0. The average molecular weight is 204 g/mol. The van der Waals surface area contributed by atoms with E-state index in [0.717, 1.165) is 0 Å². The van der Waals surface area contributed by atoms with Crippen LogP contribution in [0.1, 0.15) is 1.43 Å². The molecule has 0 fully saturated rings. The van der Waals surface area contributed by atoms with Gasteiger partial charge in [-0.3, -0.25) is 4.79 Å². The molecule has 0 aliphatic carbocycles. The van der Waals surface area contributed by atoms with E-state index in [1.807, 2.05) is 0 Å². The molecule has 0 aliphatic heterocycles. The normalized spacial score (nSPS) is 17.0. The quantitative estimate of drug-likeness (QED) is 0.284. The second kappa shape index (κ2) is 7.84. The molecule has 0 radical (unpaired) electrons. The fourth-order valence-electron chi connectivity index (χ4n) is 0.602. The van der Waals surface area contributed by atoms with Gasteiger partial charge in [-0.25, -0.2) is 0 Å². The van der Waals surface area contributed by atoms with E-state index in [2.05, 4.69) is 0 Å². The first-order chi connectivity index (χ1) is 5.54. The molecule has 13 heavy (non-hydrogen) atoms. The summed E-state index contributed by atoms with van der Waals surface area (Å²) in [6.45, 7) is -1.69. The van der Waals surface area contributed by atoms with Crippen LogP contribution < -0.4 is 29.6 Å². The molecular weight excluding hydrogens is 191 g/mol. The smallest absolute Gasteiger partial charge is 1.00 e. The number of hydrogen-bond donors (Lipinski definition) is 5. The van der Waals surface area contributed by atoms with Crippen LogP contribution in [0.5, 0.6) is 0 Å². The summed E-state index contributed by atoms with van der Waals surface area (Å²) in [6, 6.07) is 0. The van der Waals surface area contributed by atoms with E-state index in [1.54, 1.807) is 0 Å². The van der Waals surface area contributed by atoms with Crippen LogP contribution in [-0.2, 0) is 4.79 Å². The molecular formula is C6H13NaO6. The molecule has 3 atom stereocenters. The summed E-state index contributed by atoms with van der Waals surface area (Å²) in [4.78, 5) is 10.5. The zero-order valence-electron chi connectivity index (χ0n) is 8.29. The predicted octanol–water partition coefficient (Wildman–Crippen LogP) is -6.26. The fourth-order valence-corrected chi connectivity index (χ4v) is 0.602. The van der Waals surface area contributed by atoms with Crippen LogP contribution >= 0.6 is 0 Å². The van der Waals surface area contributed by atoms with Gasteiger partial charge < -0.3 is 27.0 Å². The second-order valence-electron chi connectivity index (χ2n) is 2.31. The van der Waals surface area contributed by atoms with Crippen molar-refractivity contribution in [2.24, 2.45) is 0 Å². The van der Waals surface area contributed by atoms with Crippen molar-refractivity contribution in [2.75, 3.05) is 13.2 Å². The van der Waals surface area contributed by atoms with Gasteiger partial charge in [-0.1, -0.05) is 0 Å². The van der Waals surface area contributed by atoms with Crippen LogP contribution in [0.4, 0.5) is 0 Å². The number of rotatable bonds is 5. The Morgan fingerprint density at radius 1 is 1.23 bits per heavy atom. The number of carbonyl (C=O) groups excluding carboxylic acids is 1. The first kappa shape index (κ1) is 15.9. The average Bonchev–Trinajstić information content (AvgIpc) is 2.12. The number of hydrogen-bond acceptors (Lipinski definition) is 6. The van der Waals surface area contributed by atoms with E-state index in [1.165, 1.54) is 0 Å². The van der Waals surface area contributed by atoms with Crippen molar-refractivity contribution in [1.29, 1.82) is 0 Å². The first-order valence-electron chi connectivity index (χ1n) is 3.33. The Hall–Kier alpha value is 0.470. The molecule has 0 unspecified atom stereocenters. The van der Waals surface area contributed by atoms with Crippen molar-refractivity contribution in [3.63, 3.8) is 0 Å². The standard InChI is InChI=1S/C6H12O6.Na.H/c7-1-3(9)5(11)6(12)4(10)2-8;;/h3,5-9,11-12H,1-2H2;;/q;+1;-1/t3-,5-,6-;;/m1../s1. The maximum atomic E-state index is 10.5. The Labute approximate surface area is 98.6 Å². The Balaban J connectivity index is -0.000000605. The van der Waals surface area contributed by atoms with Gasteiger partial charge in [0.2, 0.25) is 0 Å². The Bertz CT molecular complexity index is 157. The van der Waals surface area contributed by atoms with Crippen molar-refractivity contribution in [1.82, 2.24) is 0 Å². The predicted molar refractivity (Wildman–Crippen MR) is 38.3 cm³/mol. The van der Waals surface area contributed by atoms with Crippen LogP contribution in [0.25, 0.3) is 0 Å². The molecule has 0 saturated heterocycles. The molecule has 7 heteroatoms. The third-order valence-corrected chi connectivity index (χ3v) is 1.39. The fraction of sp³-hybridized carbons (Fsp3) is 0.833. The summed E-state index contributed by atoms with van der Waals surface area (Å²) < 4.78 is 0. The van der Waals surface area contributed by atoms with Crippen LogP contribution in [0.15, 0.2) is 0 Å². The third kappa shape index (κ3) is 5.04. The van der Waals surface area contributed by atoms with Crippen LogP contribution in [0, 0.1) is 0 Å². The van der Waals surface area contributed by atoms with Gasteiger partial charge in [-0.2, -0.15) is 0 Å². The van der Waals surface area contributed by atoms with Gasteiger partial charge in [0, 0.05) is 0 Å². The minimum atomic E-state index is -1.86. The maximum Gasteiger partial charge on any atom is 1.00 e. The summed E-state index contributed by atoms with van der Waals surface area (Å²) in [6.07, 6.45) is -5.22. The Kier molecular flexibility index (Phi) is 9.60. The Morgan fingerprint density at radius 3 is 2.00 bits per heavy atom. The van der Waals surface area contributed by atoms with Crippen molar-refractivity contribution in [3.05, 3.63) is 0 Å². The van der Waals surface area contributed by atoms with E-state index in [0.29, 0.717) is 0 Å². The molecule has 0 saturated carbocycles. The van der Waals surface area contributed by atoms with Crippen molar-refractivity contribution in [3.8, 4) is 0 Å². The molecule has 74 valence electrons. The van der Waals surface area contributed by atoms with Gasteiger partial charge in [-0.15, -0.1) is 0 Å². The summed E-state index contributed by atoms with van der Waals surface area (Å²) in [5, 5.41) is 43.1. The second-order valence-corrected chi connectivity index (χ2v) is 2.31. The van der Waals surface area contributed by atoms with Crippen LogP contribution in [-0.4, -0.2) is 62.8 Å². The molecule has 0 bridgehead atoms. The molecule has 0 spiro atoms. The summed E-state index contributed by atoms with van der Waals surface area (Å²) in [5.41, 5.74) is 0. The molecule has 0 aliphatic rings. The van der Waals surface area contributed by atoms with E-state index in [-0.39, 0.29) is 31.0 Å². The zero-order valence-corrected chi connectivity index (χ0v) is 9.29. The van der Waals surface area contributed by atoms with Gasteiger partial charge in [0.15, 0.2) is 5.78 Å². The number of Topliss-reactive ketones (excluding diaryl/α,β-unsaturated/α-hetero) is 1. The van der Waals surface area contributed by atoms with Crippen molar-refractivity contribution in [2.45, 2.75) is 18.3 Å². The largest absolute Gasteiger partial charge is 1.00 e. The van der Waals surface area contributed by atoms with Gasteiger partial charge in [0.1, 0.15) is 24.9 Å². The molecule has 6 nitrogen and oxygen atoms in total. The summed E-state index contributed by atoms with van der Waals surface area (Å²) in [5.74, 6) is -1.00. The molecule has 5 N–H and O–H groups in total. The van der Waals surface area contributed by atoms with E-state index < -0.39 is 37.3 Å². The van der Waals surface area contributed by atoms with Gasteiger partial charge >= 0.3 is 29.6 Å². The van der Waals surface area contributed by atoms with E-state index >= 15 is 0 Å². The molecule has 0 aromatic heterocycles. The molecule has 0 aromatic rings. The molecule has 0 aromatic carbocycles. The maximum absolute atomic E-state index is 10.5. The summed E-state index contributed by atoms with van der Waals surface area (Å²) in [7, 11) is 0. The topological polar surface area (TPSA) is 118 Å². The van der Waals surface area contributed by atoms with Crippen LogP contribution in [0.2, 0.25) is 0 Å². The van der Waals surface area contributed by atoms with E-state index in [9.17, 15) is 4.79 Å². The van der Waals surface area contributed by atoms with Crippen molar-refractivity contribution >= 4 is 5.78 Å². The number of ketones is 1. The number of aliphatic hydroxyl groups excluding tert-OH is 5. The minimum absolute atomic E-state index is 0. The molecule has 0 heterocycles. The van der Waals surface area contributed by atoms with Crippen molar-refractivity contribution < 1.29 is 61.3 Å². The van der Waals surface area contributed by atoms with Gasteiger partial charge in [0.05, 0.1) is 6.61 Å². The molecule has 0 rings (SSSR count). The number of carbonyl (C=O) groups is 1. The SMILES string of the molecule is O=C(CO)[C@@H](O)[C@H](O)[C@H](O)CO.[H-].[Na+]. The van der Waals surface area contributed by atoms with Gasteiger partial charge in [-0.05, 0) is 0 Å². The Morgan fingerprint density at radius 2 is 1.69 bits per heavy atom. The van der Waals surface area contributed by atoms with Crippen LogP contribution in [0.3, 0.4) is 0 Å². The first-order valence-corrected chi connectivity index (χ1v) is 3.33. The monoisotopic (exact) mass is 204 g/mol. The minimum Gasteiger partial charge on any atom is -1.00 e. The van der Waals surface area contributed by atoms with E-state index in [4.69, 9.17) is 25.5 Å². The third-order valence-electron chi connectivity index (χ3n) is 1.39.